The predicted molar refractivity (Wildman–Crippen MR) is 243 cm³/mol. The maximum atomic E-state index is 13.4. The van der Waals surface area contributed by atoms with E-state index in [2.05, 4.69) is 41.7 Å². The van der Waals surface area contributed by atoms with Crippen LogP contribution in [0.1, 0.15) is 45.7 Å². The Kier molecular flexibility index (Phi) is 15.9. The zero-order valence-corrected chi connectivity index (χ0v) is 37.3. The molecule has 0 saturated carbocycles. The minimum Gasteiger partial charge on any atom is -0.324 e. The largest absolute Gasteiger partial charge is 0.324 e. The summed E-state index contributed by atoms with van der Waals surface area (Å²) in [7, 11) is 0. The number of benzene rings is 5. The second kappa shape index (κ2) is 20.9. The summed E-state index contributed by atoms with van der Waals surface area (Å²) in [6, 6.07) is 17.4. The molecular formula is C42H32Cl6N8O6. The van der Waals surface area contributed by atoms with Crippen LogP contribution in [-0.2, 0) is 19.2 Å². The van der Waals surface area contributed by atoms with Gasteiger partial charge in [-0.3, -0.25) is 28.8 Å². The van der Waals surface area contributed by atoms with Crippen LogP contribution in [0.4, 0.5) is 34.1 Å². The Morgan fingerprint density at radius 3 is 1.15 bits per heavy atom. The van der Waals surface area contributed by atoms with Crippen molar-refractivity contribution in [3.8, 4) is 0 Å². The first kappa shape index (κ1) is 47.3. The fraction of sp³-hybridized carbons (Fsp3) is 0.143. The minimum absolute atomic E-state index is 0.0698. The molecule has 5 aromatic rings. The summed E-state index contributed by atoms with van der Waals surface area (Å²) >= 11 is 37.2. The van der Waals surface area contributed by atoms with E-state index in [-0.39, 0.29) is 75.4 Å². The third kappa shape index (κ3) is 12.0. The molecule has 5 rings (SSSR count). The van der Waals surface area contributed by atoms with Crippen molar-refractivity contribution in [1.29, 1.82) is 0 Å². The van der Waals surface area contributed by atoms with E-state index < -0.39 is 47.3 Å². The van der Waals surface area contributed by atoms with E-state index in [1.165, 1.54) is 48.5 Å². The average Bonchev–Trinajstić information content (AvgIpc) is 3.20. The molecule has 0 saturated heterocycles. The second-order valence-corrected chi connectivity index (χ2v) is 15.8. The number of carbonyl (C=O) groups excluding carboxylic acids is 6. The van der Waals surface area contributed by atoms with Crippen molar-refractivity contribution in [3.63, 3.8) is 0 Å². The van der Waals surface area contributed by atoms with Gasteiger partial charge in [-0.15, -0.1) is 0 Å². The fourth-order valence-electron chi connectivity index (χ4n) is 5.51. The number of nitrogens with zero attached hydrogens (tertiary/aromatic N) is 4. The zero-order chi connectivity index (χ0) is 45.4. The first-order chi connectivity index (χ1) is 29.3. The van der Waals surface area contributed by atoms with Gasteiger partial charge in [-0.2, -0.15) is 20.5 Å². The Hall–Kier alpha value is -5.74. The summed E-state index contributed by atoms with van der Waals surface area (Å²) in [5.41, 5.74) is 2.24. The van der Waals surface area contributed by atoms with E-state index in [0.29, 0.717) is 11.1 Å². The van der Waals surface area contributed by atoms with Crippen LogP contribution in [0.5, 0.6) is 0 Å². The predicted octanol–water partition coefficient (Wildman–Crippen LogP) is 12.1. The highest BCUT2D eigenvalue weighted by atomic mass is 35.5. The van der Waals surface area contributed by atoms with Gasteiger partial charge in [0, 0.05) is 32.5 Å². The third-order valence-corrected chi connectivity index (χ3v) is 10.5. The van der Waals surface area contributed by atoms with Gasteiger partial charge in [0.1, 0.15) is 0 Å². The molecule has 0 heterocycles. The van der Waals surface area contributed by atoms with Crippen LogP contribution in [0.2, 0.25) is 30.1 Å². The van der Waals surface area contributed by atoms with Crippen molar-refractivity contribution >= 4 is 139 Å². The van der Waals surface area contributed by atoms with Crippen molar-refractivity contribution < 1.29 is 28.8 Å². The lowest BCUT2D eigenvalue weighted by Crippen LogP contribution is -2.33. The van der Waals surface area contributed by atoms with Gasteiger partial charge >= 0.3 is 0 Å². The third-order valence-electron chi connectivity index (χ3n) is 8.84. The van der Waals surface area contributed by atoms with Gasteiger partial charge in [0.2, 0.25) is 12.1 Å². The lowest BCUT2D eigenvalue weighted by molar-refractivity contribution is -0.127. The number of rotatable bonds is 14. The molecule has 318 valence electrons. The van der Waals surface area contributed by atoms with E-state index in [1.54, 1.807) is 50.2 Å². The van der Waals surface area contributed by atoms with Gasteiger partial charge in [0.25, 0.3) is 23.6 Å². The Balaban J connectivity index is 1.27. The first-order valence-electron chi connectivity index (χ1n) is 18.0. The maximum absolute atomic E-state index is 13.4. The highest BCUT2D eigenvalue weighted by Gasteiger charge is 2.27. The number of anilines is 4. The minimum atomic E-state index is -1.60. The van der Waals surface area contributed by atoms with Gasteiger partial charge in [-0.05, 0) is 112 Å². The molecule has 4 N–H and O–H groups in total. The molecule has 20 heteroatoms. The van der Waals surface area contributed by atoms with Crippen LogP contribution in [0, 0.1) is 13.8 Å². The van der Waals surface area contributed by atoms with Crippen molar-refractivity contribution in [2.45, 2.75) is 39.8 Å². The summed E-state index contributed by atoms with van der Waals surface area (Å²) in [5.74, 6) is -4.13. The smallest absolute Gasteiger partial charge is 0.258 e. The van der Waals surface area contributed by atoms with E-state index >= 15 is 0 Å². The Bertz CT molecular complexity index is 2490. The quantitative estimate of drug-likeness (QED) is 0.0630. The molecule has 0 aliphatic carbocycles. The Labute approximate surface area is 384 Å². The second-order valence-electron chi connectivity index (χ2n) is 13.3. The standard InChI is InChI=1S/C42H32Cl6N8O6/c1-19-20(2)34(50-42(62)36(22(4)58)56-54-28-16-24(14-26(44)18-28)40(60)52-38-31(47)9-6-10-32(38)48)12-11-33(19)49-41(61)35(21(3)57)55-53-27-15-23(13-25(43)17-27)39(59)51-37-29(45)7-5-8-30(37)46/h5-18,35-36H,1-4H3,(H,49,61)(H,50,62)(H,51,59)(H,52,60). The molecule has 2 atom stereocenters. The Morgan fingerprint density at radius 2 is 0.823 bits per heavy atom. The number of halogens is 6. The number of nitrogens with one attached hydrogen (secondary N) is 4. The van der Waals surface area contributed by atoms with Crippen LogP contribution >= 0.6 is 69.6 Å². The molecule has 4 amide bonds. The lowest BCUT2D eigenvalue weighted by atomic mass is 10.0. The monoisotopic (exact) mass is 954 g/mol. The molecular weight excluding hydrogens is 925 g/mol. The maximum Gasteiger partial charge on any atom is 0.258 e. The zero-order valence-electron chi connectivity index (χ0n) is 32.7. The molecule has 62 heavy (non-hydrogen) atoms. The van der Waals surface area contributed by atoms with Crippen molar-refractivity contribution in [2.24, 2.45) is 20.5 Å². The number of Topliss-reactive ketones (excluding diaryl/α,β-unsaturated/α-hetero) is 2. The summed E-state index contributed by atoms with van der Waals surface area (Å²) in [6.07, 6.45) is 0. The lowest BCUT2D eigenvalue weighted by Gasteiger charge is -2.17. The van der Waals surface area contributed by atoms with Gasteiger partial charge in [0.05, 0.1) is 42.8 Å². The van der Waals surface area contributed by atoms with Crippen LogP contribution in [-0.4, -0.2) is 47.3 Å². The Morgan fingerprint density at radius 1 is 0.484 bits per heavy atom. The topological polar surface area (TPSA) is 200 Å². The molecule has 0 aliphatic heterocycles. The van der Waals surface area contributed by atoms with Crippen molar-refractivity contribution in [3.05, 3.63) is 137 Å². The molecule has 0 aliphatic rings. The number of hydrogen-bond donors (Lipinski definition) is 4. The van der Waals surface area contributed by atoms with Gasteiger partial charge < -0.3 is 21.3 Å². The van der Waals surface area contributed by atoms with Gasteiger partial charge in [-0.25, -0.2) is 0 Å². The summed E-state index contributed by atoms with van der Waals surface area (Å²) in [5, 5.41) is 27.6. The van der Waals surface area contributed by atoms with E-state index in [0.717, 1.165) is 13.8 Å². The van der Waals surface area contributed by atoms with Crippen LogP contribution in [0.15, 0.2) is 105 Å². The van der Waals surface area contributed by atoms with Gasteiger partial charge in [0.15, 0.2) is 11.6 Å². The number of amides is 4. The first-order valence-corrected chi connectivity index (χ1v) is 20.3. The number of azo groups is 2. The molecule has 14 nitrogen and oxygen atoms in total. The van der Waals surface area contributed by atoms with Crippen LogP contribution in [0.25, 0.3) is 0 Å². The molecule has 0 fully saturated rings. The molecule has 5 aromatic carbocycles. The van der Waals surface area contributed by atoms with E-state index in [1.807, 2.05) is 0 Å². The molecule has 0 spiro atoms. The number of carbonyl (C=O) groups is 6. The van der Waals surface area contributed by atoms with Crippen LogP contribution < -0.4 is 21.3 Å². The molecule has 0 radical (unpaired) electrons. The van der Waals surface area contributed by atoms with Crippen LogP contribution in [0.3, 0.4) is 0 Å². The average molecular weight is 957 g/mol. The molecule has 0 bridgehead atoms. The van der Waals surface area contributed by atoms with Crippen molar-refractivity contribution in [2.75, 3.05) is 21.3 Å². The van der Waals surface area contributed by atoms with Crippen molar-refractivity contribution in [1.82, 2.24) is 0 Å². The SMILES string of the molecule is CC(=O)C(N=Nc1cc(Cl)cc(C(=O)Nc2c(Cl)cccc2Cl)c1)C(=O)Nc1ccc(NC(=O)C(N=Nc2cc(Cl)cc(C(=O)Nc3c(Cl)cccc3Cl)c2)C(C)=O)c(C)c1C. The number of para-hydroxylation sites is 2. The fourth-order valence-corrected chi connectivity index (χ4v) is 6.95. The summed E-state index contributed by atoms with van der Waals surface area (Å²) < 4.78 is 0. The summed E-state index contributed by atoms with van der Waals surface area (Å²) in [4.78, 5) is 78.0. The van der Waals surface area contributed by atoms with Gasteiger partial charge in [-0.1, -0.05) is 81.7 Å². The molecule has 2 unspecified atom stereocenters. The normalized spacial score (nSPS) is 12.2. The molecule has 0 aromatic heterocycles. The highest BCUT2D eigenvalue weighted by molar-refractivity contribution is 6.41. The number of hydrogen-bond acceptors (Lipinski definition) is 10. The van der Waals surface area contributed by atoms with E-state index in [9.17, 15) is 28.8 Å². The van der Waals surface area contributed by atoms with E-state index in [4.69, 9.17) is 69.6 Å². The highest BCUT2D eigenvalue weighted by Crippen LogP contribution is 2.33. The summed E-state index contributed by atoms with van der Waals surface area (Å²) in [6.45, 7) is 5.64. The number of ketones is 2.